The van der Waals surface area contributed by atoms with Gasteiger partial charge in [0.05, 0.1) is 6.61 Å². The Balaban J connectivity index is 1.87. The molecule has 1 unspecified atom stereocenters. The van der Waals surface area contributed by atoms with Gasteiger partial charge in [0.25, 0.3) is 0 Å². The van der Waals surface area contributed by atoms with Crippen molar-refractivity contribution >= 4 is 0 Å². The van der Waals surface area contributed by atoms with Crippen LogP contribution in [0.1, 0.15) is 18.4 Å². The van der Waals surface area contributed by atoms with Crippen LogP contribution in [0.2, 0.25) is 0 Å². The van der Waals surface area contributed by atoms with Crippen molar-refractivity contribution in [2.24, 2.45) is 0 Å². The van der Waals surface area contributed by atoms with E-state index in [1.165, 1.54) is 24.9 Å². The predicted octanol–water partition coefficient (Wildman–Crippen LogP) is 1.90. The molecule has 0 bridgehead atoms. The van der Waals surface area contributed by atoms with E-state index in [9.17, 15) is 0 Å². The fourth-order valence-electron chi connectivity index (χ4n) is 2.67. The molecule has 1 fully saturated rings. The summed E-state index contributed by atoms with van der Waals surface area (Å²) in [6.45, 7) is 4.55. The van der Waals surface area contributed by atoms with Gasteiger partial charge >= 0.3 is 0 Å². The van der Waals surface area contributed by atoms with Gasteiger partial charge in [-0.25, -0.2) is 0 Å². The van der Waals surface area contributed by atoms with Gasteiger partial charge in [-0.2, -0.15) is 0 Å². The van der Waals surface area contributed by atoms with Gasteiger partial charge in [-0.05, 0) is 44.1 Å². The van der Waals surface area contributed by atoms with Crippen LogP contribution in [0.4, 0.5) is 0 Å². The van der Waals surface area contributed by atoms with E-state index in [4.69, 9.17) is 9.47 Å². The molecule has 0 spiro atoms. The molecule has 4 heteroatoms. The van der Waals surface area contributed by atoms with Crippen LogP contribution < -0.4 is 10.1 Å². The highest BCUT2D eigenvalue weighted by molar-refractivity contribution is 5.28. The summed E-state index contributed by atoms with van der Waals surface area (Å²) < 4.78 is 10.7. The molecule has 4 nitrogen and oxygen atoms in total. The standard InChI is InChI=1S/C16H26N2O2/c1-17-15-6-4-8-18(13-15)12-14-5-3-7-16(11-14)20-10-9-19-2/h3,5,7,11,15,17H,4,6,8-10,12-13H2,1-2H3. The highest BCUT2D eigenvalue weighted by Gasteiger charge is 2.18. The summed E-state index contributed by atoms with van der Waals surface area (Å²) in [5.74, 6) is 0.932. The Hall–Kier alpha value is -1.10. The molecule has 1 saturated heterocycles. The van der Waals surface area contributed by atoms with E-state index in [0.717, 1.165) is 18.8 Å². The Morgan fingerprint density at radius 2 is 2.25 bits per heavy atom. The molecule has 0 saturated carbocycles. The molecule has 20 heavy (non-hydrogen) atoms. The lowest BCUT2D eigenvalue weighted by molar-refractivity contribution is 0.146. The molecule has 0 amide bonds. The van der Waals surface area contributed by atoms with E-state index in [1.54, 1.807) is 7.11 Å². The zero-order valence-electron chi connectivity index (χ0n) is 12.6. The molecule has 0 aromatic heterocycles. The first-order valence-electron chi connectivity index (χ1n) is 7.42. The third kappa shape index (κ3) is 4.78. The average molecular weight is 278 g/mol. The number of benzene rings is 1. The maximum Gasteiger partial charge on any atom is 0.119 e. The molecular weight excluding hydrogens is 252 g/mol. The van der Waals surface area contributed by atoms with Crippen molar-refractivity contribution in [2.75, 3.05) is 40.5 Å². The van der Waals surface area contributed by atoms with Crippen LogP contribution in [0, 0.1) is 0 Å². The van der Waals surface area contributed by atoms with Crippen LogP contribution in [-0.2, 0) is 11.3 Å². The second kappa shape index (κ2) is 8.25. The molecule has 1 atom stereocenters. The Morgan fingerprint density at radius 1 is 1.35 bits per heavy atom. The predicted molar refractivity (Wildman–Crippen MR) is 81.2 cm³/mol. The van der Waals surface area contributed by atoms with Crippen LogP contribution >= 0.6 is 0 Å². The molecule has 2 rings (SSSR count). The number of likely N-dealkylation sites (N-methyl/N-ethyl adjacent to an activating group) is 1. The zero-order valence-corrected chi connectivity index (χ0v) is 12.6. The summed E-state index contributed by atoms with van der Waals surface area (Å²) >= 11 is 0. The van der Waals surface area contributed by atoms with Crippen LogP contribution in [0.25, 0.3) is 0 Å². The van der Waals surface area contributed by atoms with Gasteiger partial charge in [0.1, 0.15) is 12.4 Å². The van der Waals surface area contributed by atoms with Gasteiger partial charge in [-0.3, -0.25) is 4.90 Å². The number of piperidine rings is 1. The van der Waals surface area contributed by atoms with E-state index in [2.05, 4.69) is 35.5 Å². The number of likely N-dealkylation sites (tertiary alicyclic amines) is 1. The molecule has 1 heterocycles. The monoisotopic (exact) mass is 278 g/mol. The minimum Gasteiger partial charge on any atom is -0.491 e. The number of hydrogen-bond donors (Lipinski definition) is 1. The van der Waals surface area contributed by atoms with Crippen molar-refractivity contribution in [1.82, 2.24) is 10.2 Å². The van der Waals surface area contributed by atoms with Gasteiger partial charge in [-0.15, -0.1) is 0 Å². The molecule has 0 aliphatic carbocycles. The number of nitrogens with zero attached hydrogens (tertiary/aromatic N) is 1. The summed E-state index contributed by atoms with van der Waals surface area (Å²) in [7, 11) is 3.74. The number of nitrogens with one attached hydrogen (secondary N) is 1. The molecular formula is C16H26N2O2. The molecule has 1 aromatic rings. The smallest absolute Gasteiger partial charge is 0.119 e. The first-order valence-corrected chi connectivity index (χ1v) is 7.42. The Labute approximate surface area is 122 Å². The Bertz CT molecular complexity index is 398. The van der Waals surface area contributed by atoms with E-state index < -0.39 is 0 Å². The number of hydrogen-bond acceptors (Lipinski definition) is 4. The lowest BCUT2D eigenvalue weighted by Crippen LogP contribution is -2.43. The molecule has 1 aliphatic heterocycles. The van der Waals surface area contributed by atoms with Crippen LogP contribution in [0.15, 0.2) is 24.3 Å². The molecule has 1 aromatic carbocycles. The second-order valence-corrected chi connectivity index (χ2v) is 5.35. The van der Waals surface area contributed by atoms with Crippen molar-refractivity contribution in [2.45, 2.75) is 25.4 Å². The highest BCUT2D eigenvalue weighted by Crippen LogP contribution is 2.17. The lowest BCUT2D eigenvalue weighted by Gasteiger charge is -2.32. The fraction of sp³-hybridized carbons (Fsp3) is 0.625. The number of ether oxygens (including phenoxy) is 2. The Kier molecular flexibility index (Phi) is 6.30. The summed E-state index contributed by atoms with van der Waals surface area (Å²) in [5, 5.41) is 3.39. The van der Waals surface area contributed by atoms with Crippen molar-refractivity contribution in [1.29, 1.82) is 0 Å². The van der Waals surface area contributed by atoms with Crippen LogP contribution in [-0.4, -0.2) is 51.4 Å². The summed E-state index contributed by atoms with van der Waals surface area (Å²) in [5.41, 5.74) is 1.32. The van der Waals surface area contributed by atoms with Gasteiger partial charge in [0.2, 0.25) is 0 Å². The second-order valence-electron chi connectivity index (χ2n) is 5.35. The van der Waals surface area contributed by atoms with Crippen LogP contribution in [0.5, 0.6) is 5.75 Å². The van der Waals surface area contributed by atoms with E-state index in [1.807, 2.05) is 6.07 Å². The number of methoxy groups -OCH3 is 1. The first kappa shape index (κ1) is 15.3. The first-order chi connectivity index (χ1) is 9.81. The SMILES string of the molecule is CNC1CCCN(Cc2cccc(OCCOC)c2)C1. The molecule has 1 aliphatic rings. The maximum absolute atomic E-state index is 5.66. The summed E-state index contributed by atoms with van der Waals surface area (Å²) in [6.07, 6.45) is 2.56. The van der Waals surface area contributed by atoms with Crippen molar-refractivity contribution in [3.63, 3.8) is 0 Å². The van der Waals surface area contributed by atoms with Crippen molar-refractivity contribution in [3.8, 4) is 5.75 Å². The minimum absolute atomic E-state index is 0.603. The third-order valence-electron chi connectivity index (χ3n) is 3.77. The van der Waals surface area contributed by atoms with Gasteiger partial charge in [0, 0.05) is 26.2 Å². The van der Waals surface area contributed by atoms with E-state index in [-0.39, 0.29) is 0 Å². The van der Waals surface area contributed by atoms with Gasteiger partial charge in [-0.1, -0.05) is 12.1 Å². The van der Waals surface area contributed by atoms with Crippen molar-refractivity contribution < 1.29 is 9.47 Å². The van der Waals surface area contributed by atoms with E-state index in [0.29, 0.717) is 19.3 Å². The minimum atomic E-state index is 0.603. The lowest BCUT2D eigenvalue weighted by atomic mass is 10.1. The summed E-state index contributed by atoms with van der Waals surface area (Å²) in [6, 6.07) is 9.01. The van der Waals surface area contributed by atoms with Crippen molar-refractivity contribution in [3.05, 3.63) is 29.8 Å². The fourth-order valence-corrected chi connectivity index (χ4v) is 2.67. The summed E-state index contributed by atoms with van der Waals surface area (Å²) in [4.78, 5) is 2.51. The van der Waals surface area contributed by atoms with Gasteiger partial charge < -0.3 is 14.8 Å². The average Bonchev–Trinajstić information content (AvgIpc) is 2.48. The molecule has 0 radical (unpaired) electrons. The topological polar surface area (TPSA) is 33.7 Å². The molecule has 112 valence electrons. The largest absolute Gasteiger partial charge is 0.491 e. The van der Waals surface area contributed by atoms with Gasteiger partial charge in [0.15, 0.2) is 0 Å². The van der Waals surface area contributed by atoms with E-state index >= 15 is 0 Å². The highest BCUT2D eigenvalue weighted by atomic mass is 16.5. The maximum atomic E-state index is 5.66. The normalized spacial score (nSPS) is 20.0. The quantitative estimate of drug-likeness (QED) is 0.772. The zero-order chi connectivity index (χ0) is 14.2. The third-order valence-corrected chi connectivity index (χ3v) is 3.77. The Morgan fingerprint density at radius 3 is 3.05 bits per heavy atom. The molecule has 1 N–H and O–H groups in total. The number of rotatable bonds is 7. The van der Waals surface area contributed by atoms with Crippen LogP contribution in [0.3, 0.4) is 0 Å².